The molecule has 7 heteroatoms. The molecule has 2 aromatic rings. The average Bonchev–Trinajstić information content (AvgIpc) is 2.68. The van der Waals surface area contributed by atoms with Crippen molar-refractivity contribution < 1.29 is 9.18 Å². The molecule has 1 amide bonds. The van der Waals surface area contributed by atoms with Gasteiger partial charge in [-0.25, -0.2) is 4.39 Å². The Balaban J connectivity index is 2.23. The first kappa shape index (κ1) is 11.5. The lowest BCUT2D eigenvalue weighted by atomic mass is 10.1. The Morgan fingerprint density at radius 1 is 1.47 bits per heavy atom. The van der Waals surface area contributed by atoms with Gasteiger partial charge in [-0.15, -0.1) is 10.2 Å². The number of nitrogen functional groups attached to an aromatic ring is 1. The second-order valence-corrected chi connectivity index (χ2v) is 4.46. The number of aryl methyl sites for hydroxylation is 1. The Labute approximate surface area is 100 Å². The van der Waals surface area contributed by atoms with Crippen molar-refractivity contribution in [3.63, 3.8) is 0 Å². The van der Waals surface area contributed by atoms with E-state index in [4.69, 9.17) is 5.73 Å². The second-order valence-electron chi connectivity index (χ2n) is 3.28. The van der Waals surface area contributed by atoms with Crippen LogP contribution in [0.3, 0.4) is 0 Å². The monoisotopic (exact) mass is 252 g/mol. The largest absolute Gasteiger partial charge is 0.396 e. The third-order valence-corrected chi connectivity index (χ3v) is 2.80. The molecule has 1 aromatic heterocycles. The number of amides is 1. The SMILES string of the molecule is Cc1nnc(NC(=O)c2cccc(F)c2N)s1. The van der Waals surface area contributed by atoms with Crippen molar-refractivity contribution >= 4 is 28.1 Å². The van der Waals surface area contributed by atoms with Gasteiger partial charge in [-0.1, -0.05) is 17.4 Å². The van der Waals surface area contributed by atoms with Gasteiger partial charge in [0.2, 0.25) is 5.13 Å². The molecule has 1 heterocycles. The van der Waals surface area contributed by atoms with Gasteiger partial charge in [0, 0.05) is 0 Å². The van der Waals surface area contributed by atoms with Crippen LogP contribution in [-0.2, 0) is 0 Å². The van der Waals surface area contributed by atoms with E-state index in [1.807, 2.05) is 0 Å². The molecule has 2 rings (SSSR count). The minimum Gasteiger partial charge on any atom is -0.396 e. The predicted octanol–water partition coefficient (Wildman–Crippen LogP) is 1.82. The molecule has 0 aliphatic rings. The second kappa shape index (κ2) is 4.46. The van der Waals surface area contributed by atoms with Crippen molar-refractivity contribution in [2.24, 2.45) is 0 Å². The number of rotatable bonds is 2. The molecule has 0 aliphatic carbocycles. The molecule has 88 valence electrons. The van der Waals surface area contributed by atoms with Crippen molar-refractivity contribution in [2.75, 3.05) is 11.1 Å². The maximum absolute atomic E-state index is 13.2. The van der Waals surface area contributed by atoms with Gasteiger partial charge in [-0.2, -0.15) is 0 Å². The highest BCUT2D eigenvalue weighted by atomic mass is 32.1. The molecule has 0 spiro atoms. The van der Waals surface area contributed by atoms with Crippen molar-refractivity contribution in [3.8, 4) is 0 Å². The van der Waals surface area contributed by atoms with E-state index in [9.17, 15) is 9.18 Å². The van der Waals surface area contributed by atoms with E-state index in [1.54, 1.807) is 6.92 Å². The summed E-state index contributed by atoms with van der Waals surface area (Å²) in [6.07, 6.45) is 0. The van der Waals surface area contributed by atoms with Crippen LogP contribution in [0.15, 0.2) is 18.2 Å². The van der Waals surface area contributed by atoms with Crippen molar-refractivity contribution in [1.82, 2.24) is 10.2 Å². The number of nitrogens with one attached hydrogen (secondary N) is 1. The molecule has 0 bridgehead atoms. The maximum Gasteiger partial charge on any atom is 0.259 e. The van der Waals surface area contributed by atoms with E-state index in [0.29, 0.717) is 5.13 Å². The minimum atomic E-state index is -0.619. The number of carbonyl (C=O) groups excluding carboxylic acids is 1. The van der Waals surface area contributed by atoms with Gasteiger partial charge in [-0.3, -0.25) is 10.1 Å². The summed E-state index contributed by atoms with van der Waals surface area (Å²) in [7, 11) is 0. The fourth-order valence-electron chi connectivity index (χ4n) is 1.25. The van der Waals surface area contributed by atoms with Crippen LogP contribution in [0.2, 0.25) is 0 Å². The Morgan fingerprint density at radius 2 is 2.24 bits per heavy atom. The molecule has 0 atom stereocenters. The normalized spacial score (nSPS) is 10.2. The van der Waals surface area contributed by atoms with E-state index >= 15 is 0 Å². The van der Waals surface area contributed by atoms with Crippen LogP contribution in [-0.4, -0.2) is 16.1 Å². The number of hydrogen-bond donors (Lipinski definition) is 2. The summed E-state index contributed by atoms with van der Waals surface area (Å²) in [6, 6.07) is 4.06. The fourth-order valence-corrected chi connectivity index (χ4v) is 1.83. The summed E-state index contributed by atoms with van der Waals surface area (Å²) in [4.78, 5) is 11.8. The first-order valence-electron chi connectivity index (χ1n) is 4.73. The number of anilines is 2. The van der Waals surface area contributed by atoms with Gasteiger partial charge < -0.3 is 5.73 Å². The van der Waals surface area contributed by atoms with Gasteiger partial charge in [0.15, 0.2) is 0 Å². The van der Waals surface area contributed by atoms with Crippen molar-refractivity contribution in [1.29, 1.82) is 0 Å². The summed E-state index contributed by atoms with van der Waals surface area (Å²) >= 11 is 1.23. The lowest BCUT2D eigenvalue weighted by Crippen LogP contribution is -2.14. The van der Waals surface area contributed by atoms with E-state index in [-0.39, 0.29) is 11.3 Å². The Morgan fingerprint density at radius 3 is 2.88 bits per heavy atom. The van der Waals surface area contributed by atoms with E-state index in [0.717, 1.165) is 5.01 Å². The number of carbonyl (C=O) groups is 1. The number of hydrogen-bond acceptors (Lipinski definition) is 5. The van der Waals surface area contributed by atoms with Crippen molar-refractivity contribution in [2.45, 2.75) is 6.92 Å². The highest BCUT2D eigenvalue weighted by Crippen LogP contribution is 2.19. The van der Waals surface area contributed by atoms with Crippen LogP contribution in [0.1, 0.15) is 15.4 Å². The molecule has 17 heavy (non-hydrogen) atoms. The molecule has 0 unspecified atom stereocenters. The van der Waals surface area contributed by atoms with Crippen LogP contribution in [0, 0.1) is 12.7 Å². The Kier molecular flexibility index (Phi) is 3.01. The van der Waals surface area contributed by atoms with Gasteiger partial charge in [-0.05, 0) is 19.1 Å². The standard InChI is InChI=1S/C10H9FN4OS/c1-5-14-15-10(17-5)13-9(16)6-3-2-4-7(11)8(6)12/h2-4H,12H2,1H3,(H,13,15,16). The number of para-hydroxylation sites is 1. The molecule has 3 N–H and O–H groups in total. The highest BCUT2D eigenvalue weighted by molar-refractivity contribution is 7.15. The van der Waals surface area contributed by atoms with Crippen LogP contribution >= 0.6 is 11.3 Å². The van der Waals surface area contributed by atoms with Crippen molar-refractivity contribution in [3.05, 3.63) is 34.6 Å². The number of halogens is 1. The summed E-state index contributed by atoms with van der Waals surface area (Å²) in [5.74, 6) is -1.12. The number of benzene rings is 1. The number of aromatic nitrogens is 2. The zero-order valence-corrected chi connectivity index (χ0v) is 9.71. The smallest absolute Gasteiger partial charge is 0.259 e. The third kappa shape index (κ3) is 2.39. The Bertz CT molecular complexity index is 569. The van der Waals surface area contributed by atoms with Gasteiger partial charge >= 0.3 is 0 Å². The zero-order chi connectivity index (χ0) is 12.4. The van der Waals surface area contributed by atoms with Gasteiger partial charge in [0.25, 0.3) is 5.91 Å². The minimum absolute atomic E-state index is 0.0813. The summed E-state index contributed by atoms with van der Waals surface area (Å²) in [5, 5.41) is 11.1. The summed E-state index contributed by atoms with van der Waals surface area (Å²) in [5.41, 5.74) is 5.38. The first-order valence-corrected chi connectivity index (χ1v) is 5.55. The van der Waals surface area contributed by atoms with E-state index < -0.39 is 11.7 Å². The van der Waals surface area contributed by atoms with Crippen LogP contribution in [0.4, 0.5) is 15.2 Å². The van der Waals surface area contributed by atoms with Gasteiger partial charge in [0.05, 0.1) is 11.3 Å². The topological polar surface area (TPSA) is 80.9 Å². The van der Waals surface area contributed by atoms with Gasteiger partial charge in [0.1, 0.15) is 10.8 Å². The number of nitrogens with two attached hydrogens (primary N) is 1. The fraction of sp³-hybridized carbons (Fsp3) is 0.100. The van der Waals surface area contributed by atoms with Crippen LogP contribution in [0.5, 0.6) is 0 Å². The average molecular weight is 252 g/mol. The molecule has 0 fully saturated rings. The lowest BCUT2D eigenvalue weighted by molar-refractivity contribution is 0.102. The maximum atomic E-state index is 13.2. The molecule has 1 aromatic carbocycles. The molecular weight excluding hydrogens is 243 g/mol. The molecular formula is C10H9FN4OS. The molecule has 0 saturated heterocycles. The van der Waals surface area contributed by atoms with E-state index in [1.165, 1.54) is 29.5 Å². The molecule has 5 nitrogen and oxygen atoms in total. The summed E-state index contributed by atoms with van der Waals surface area (Å²) < 4.78 is 13.2. The van der Waals surface area contributed by atoms with E-state index in [2.05, 4.69) is 15.5 Å². The number of nitrogens with zero attached hydrogens (tertiary/aromatic N) is 2. The quantitative estimate of drug-likeness (QED) is 0.799. The molecule has 0 aliphatic heterocycles. The molecule has 0 saturated carbocycles. The van der Waals surface area contributed by atoms with Crippen LogP contribution < -0.4 is 11.1 Å². The highest BCUT2D eigenvalue weighted by Gasteiger charge is 2.14. The van der Waals surface area contributed by atoms with Crippen LogP contribution in [0.25, 0.3) is 0 Å². The Hall–Kier alpha value is -2.02. The lowest BCUT2D eigenvalue weighted by Gasteiger charge is -2.05. The summed E-state index contributed by atoms with van der Waals surface area (Å²) in [6.45, 7) is 1.77. The first-order chi connectivity index (χ1) is 8.08. The zero-order valence-electron chi connectivity index (χ0n) is 8.90. The third-order valence-electron chi connectivity index (χ3n) is 2.04. The molecule has 0 radical (unpaired) electrons. The predicted molar refractivity (Wildman–Crippen MR) is 63.4 cm³/mol.